The van der Waals surface area contributed by atoms with E-state index in [9.17, 15) is 20.1 Å². The average molecular weight is 459 g/mol. The number of ketones is 1. The molecule has 0 saturated heterocycles. The number of aryl methyl sites for hydroxylation is 1. The van der Waals surface area contributed by atoms with Gasteiger partial charge in [0.1, 0.15) is 17.3 Å². The van der Waals surface area contributed by atoms with Crippen LogP contribution in [0, 0.1) is 23.7 Å². The molecule has 3 rings (SSSR count). The number of aliphatic hydroxyl groups is 2. The monoisotopic (exact) mass is 458 g/mol. The quantitative estimate of drug-likeness (QED) is 0.485. The molecule has 0 aliphatic heterocycles. The number of ether oxygens (including phenoxy) is 1. The molecule has 2 aliphatic rings. The van der Waals surface area contributed by atoms with Gasteiger partial charge in [-0.1, -0.05) is 31.9 Å². The second-order valence-electron chi connectivity index (χ2n) is 11.8. The topological polar surface area (TPSA) is 87.0 Å². The third-order valence-corrected chi connectivity index (χ3v) is 8.49. The van der Waals surface area contributed by atoms with Crippen LogP contribution in [-0.2, 0) is 11.2 Å². The Bertz CT molecular complexity index is 942. The number of hydrogen-bond acceptors (Lipinski definition) is 5. The van der Waals surface area contributed by atoms with Gasteiger partial charge in [-0.05, 0) is 89.3 Å². The molecule has 0 heterocycles. The number of phenols is 1. The van der Waals surface area contributed by atoms with Crippen LogP contribution in [0.15, 0.2) is 23.8 Å². The molecule has 0 spiro atoms. The highest BCUT2D eigenvalue weighted by atomic mass is 16.5. The summed E-state index contributed by atoms with van der Waals surface area (Å²) < 4.78 is 5.33. The van der Waals surface area contributed by atoms with E-state index >= 15 is 0 Å². The SMILES string of the molecule is COc1cc(C)c(O)c(CC=C(C)CC2(O)CC3(C)CCCC3(C)C(=O)C2CC(C)(C)O)c1. The number of methoxy groups -OCH3 is 1. The molecule has 5 nitrogen and oxygen atoms in total. The zero-order chi connectivity index (χ0) is 24.8. The van der Waals surface area contributed by atoms with Gasteiger partial charge >= 0.3 is 0 Å². The van der Waals surface area contributed by atoms with Gasteiger partial charge in [-0.15, -0.1) is 0 Å². The van der Waals surface area contributed by atoms with E-state index in [0.717, 1.165) is 36.0 Å². The minimum atomic E-state index is -1.21. The lowest BCUT2D eigenvalue weighted by Gasteiger charge is -2.55. The molecule has 4 atom stereocenters. The molecule has 3 N–H and O–H groups in total. The zero-order valence-electron chi connectivity index (χ0n) is 21.4. The first-order valence-corrected chi connectivity index (χ1v) is 12.2. The Balaban J connectivity index is 1.90. The van der Waals surface area contributed by atoms with Crippen molar-refractivity contribution in [1.82, 2.24) is 0 Å². The molecule has 2 fully saturated rings. The van der Waals surface area contributed by atoms with E-state index < -0.39 is 22.5 Å². The second kappa shape index (κ2) is 8.74. The van der Waals surface area contributed by atoms with Crippen molar-refractivity contribution in [3.63, 3.8) is 0 Å². The standard InChI is InChI=1S/C28H42O5/c1-18(9-10-20-14-21(33-7)13-19(2)23(20)29)15-28(32)17-26(5)11-8-12-27(26,6)24(30)22(28)16-25(3,4)31/h9,13-14,22,29,31-32H,8,10-12,15-17H2,1-7H3. The number of fused-ring (bicyclic) bond motifs is 1. The maximum Gasteiger partial charge on any atom is 0.145 e. The van der Waals surface area contributed by atoms with Gasteiger partial charge in [-0.25, -0.2) is 0 Å². The number of rotatable bonds is 7. The summed E-state index contributed by atoms with van der Waals surface area (Å²) in [6.07, 6.45) is 6.47. The van der Waals surface area contributed by atoms with Gasteiger partial charge < -0.3 is 20.1 Å². The number of Topliss-reactive ketones (excluding diaryl/α,β-unsaturated/α-hetero) is 1. The Morgan fingerprint density at radius 1 is 1.27 bits per heavy atom. The first kappa shape index (κ1) is 25.8. The third-order valence-electron chi connectivity index (χ3n) is 8.49. The average Bonchev–Trinajstić information content (AvgIpc) is 3.00. The van der Waals surface area contributed by atoms with Crippen LogP contribution in [0.3, 0.4) is 0 Å². The summed E-state index contributed by atoms with van der Waals surface area (Å²) >= 11 is 0. The van der Waals surface area contributed by atoms with E-state index in [1.165, 1.54) is 0 Å². The van der Waals surface area contributed by atoms with E-state index in [1.807, 2.05) is 26.0 Å². The Hall–Kier alpha value is -1.85. The fraction of sp³-hybridized carbons (Fsp3) is 0.679. The molecule has 1 aromatic carbocycles. The number of carbonyl (C=O) groups excluding carboxylic acids is 1. The predicted molar refractivity (Wildman–Crippen MR) is 131 cm³/mol. The Morgan fingerprint density at radius 3 is 2.55 bits per heavy atom. The van der Waals surface area contributed by atoms with Crippen LogP contribution < -0.4 is 4.74 Å². The van der Waals surface area contributed by atoms with Crippen molar-refractivity contribution in [2.75, 3.05) is 7.11 Å². The number of carbonyl (C=O) groups is 1. The largest absolute Gasteiger partial charge is 0.507 e. The number of benzene rings is 1. The maximum atomic E-state index is 13.8. The van der Waals surface area contributed by atoms with Crippen LogP contribution in [-0.4, -0.2) is 39.4 Å². The Morgan fingerprint density at radius 2 is 1.94 bits per heavy atom. The first-order valence-electron chi connectivity index (χ1n) is 12.2. The molecule has 0 radical (unpaired) electrons. The molecule has 0 amide bonds. The first-order chi connectivity index (χ1) is 15.1. The molecule has 2 aliphatic carbocycles. The maximum absolute atomic E-state index is 13.8. The molecule has 0 aromatic heterocycles. The van der Waals surface area contributed by atoms with Crippen molar-refractivity contribution < 1.29 is 24.9 Å². The van der Waals surface area contributed by atoms with Crippen molar-refractivity contribution in [3.8, 4) is 11.5 Å². The van der Waals surface area contributed by atoms with E-state index in [1.54, 1.807) is 27.0 Å². The number of phenolic OH excluding ortho intramolecular Hbond substituents is 1. The van der Waals surface area contributed by atoms with Crippen molar-refractivity contribution in [1.29, 1.82) is 0 Å². The van der Waals surface area contributed by atoms with Gasteiger partial charge in [0.2, 0.25) is 0 Å². The van der Waals surface area contributed by atoms with Crippen LogP contribution in [0.25, 0.3) is 0 Å². The van der Waals surface area contributed by atoms with Crippen LogP contribution >= 0.6 is 0 Å². The molecular weight excluding hydrogens is 416 g/mol. The van der Waals surface area contributed by atoms with E-state index in [-0.39, 0.29) is 23.4 Å². The highest BCUT2D eigenvalue weighted by molar-refractivity contribution is 5.90. The smallest absolute Gasteiger partial charge is 0.145 e. The second-order valence-corrected chi connectivity index (χ2v) is 11.8. The molecule has 184 valence electrons. The summed E-state index contributed by atoms with van der Waals surface area (Å²) in [6, 6.07) is 3.62. The van der Waals surface area contributed by atoms with Crippen molar-refractivity contribution in [3.05, 3.63) is 34.9 Å². The van der Waals surface area contributed by atoms with Crippen LogP contribution in [0.4, 0.5) is 0 Å². The molecule has 33 heavy (non-hydrogen) atoms. The van der Waals surface area contributed by atoms with Crippen molar-refractivity contribution >= 4 is 5.78 Å². The molecule has 5 heteroatoms. The molecular formula is C28H42O5. The zero-order valence-corrected chi connectivity index (χ0v) is 21.4. The number of aromatic hydroxyl groups is 1. The van der Waals surface area contributed by atoms with Gasteiger partial charge in [-0.3, -0.25) is 4.79 Å². The van der Waals surface area contributed by atoms with Crippen molar-refractivity contribution in [2.45, 2.75) is 97.7 Å². The summed E-state index contributed by atoms with van der Waals surface area (Å²) in [5.41, 5.74) is -0.446. The fourth-order valence-electron chi connectivity index (χ4n) is 6.44. The minimum absolute atomic E-state index is 0.104. The van der Waals surface area contributed by atoms with E-state index in [2.05, 4.69) is 13.8 Å². The third kappa shape index (κ3) is 4.85. The van der Waals surface area contributed by atoms with Crippen LogP contribution in [0.1, 0.15) is 84.3 Å². The van der Waals surface area contributed by atoms with E-state index in [0.29, 0.717) is 25.0 Å². The van der Waals surface area contributed by atoms with Gasteiger partial charge in [0, 0.05) is 11.0 Å². The summed E-state index contributed by atoms with van der Waals surface area (Å²) in [5, 5.41) is 33.0. The lowest BCUT2D eigenvalue weighted by molar-refractivity contribution is -0.175. The van der Waals surface area contributed by atoms with Crippen LogP contribution in [0.5, 0.6) is 11.5 Å². The minimum Gasteiger partial charge on any atom is -0.507 e. The summed E-state index contributed by atoms with van der Waals surface area (Å²) in [5.74, 6) is 0.443. The van der Waals surface area contributed by atoms with Gasteiger partial charge in [0.05, 0.1) is 24.2 Å². The lowest BCUT2D eigenvalue weighted by Crippen LogP contribution is -2.60. The van der Waals surface area contributed by atoms with Crippen LogP contribution in [0.2, 0.25) is 0 Å². The van der Waals surface area contributed by atoms with Gasteiger partial charge in [-0.2, -0.15) is 0 Å². The summed E-state index contributed by atoms with van der Waals surface area (Å²) in [6.45, 7) is 11.5. The number of hydrogen-bond donors (Lipinski definition) is 3. The van der Waals surface area contributed by atoms with E-state index in [4.69, 9.17) is 4.74 Å². The fourth-order valence-corrected chi connectivity index (χ4v) is 6.44. The van der Waals surface area contributed by atoms with Gasteiger partial charge in [0.15, 0.2) is 0 Å². The number of allylic oxidation sites excluding steroid dienone is 1. The molecule has 1 aromatic rings. The Kier molecular flexibility index (Phi) is 6.82. The summed E-state index contributed by atoms with van der Waals surface area (Å²) in [7, 11) is 1.60. The normalized spacial score (nSPS) is 32.7. The molecule has 4 unspecified atom stereocenters. The lowest BCUT2D eigenvalue weighted by atomic mass is 9.50. The predicted octanol–water partition coefficient (Wildman–Crippen LogP) is 5.27. The Labute approximate surface area is 198 Å². The highest BCUT2D eigenvalue weighted by Gasteiger charge is 2.64. The molecule has 0 bridgehead atoms. The summed E-state index contributed by atoms with van der Waals surface area (Å²) in [4.78, 5) is 13.8. The van der Waals surface area contributed by atoms with Crippen molar-refractivity contribution in [2.24, 2.45) is 16.7 Å². The molecule has 2 saturated carbocycles. The van der Waals surface area contributed by atoms with Gasteiger partial charge in [0.25, 0.3) is 0 Å². The highest BCUT2D eigenvalue weighted by Crippen LogP contribution is 2.63.